The minimum Gasteiger partial charge on any atom is -0.340 e. The number of benzene rings is 2. The van der Waals surface area contributed by atoms with E-state index in [-0.39, 0.29) is 22.5 Å². The molecule has 2 amide bonds. The zero-order valence-electron chi connectivity index (χ0n) is 17.3. The van der Waals surface area contributed by atoms with Gasteiger partial charge in [-0.3, -0.25) is 14.5 Å². The first-order chi connectivity index (χ1) is 14.4. The minimum absolute atomic E-state index is 0.179. The molecule has 0 bridgehead atoms. The van der Waals surface area contributed by atoms with Gasteiger partial charge in [0, 0.05) is 23.7 Å². The summed E-state index contributed by atoms with van der Waals surface area (Å²) in [4.78, 5) is 29.0. The predicted octanol–water partition coefficient (Wildman–Crippen LogP) is 4.25. The molecule has 30 heavy (non-hydrogen) atoms. The lowest BCUT2D eigenvalue weighted by Crippen LogP contribution is -2.41. The van der Waals surface area contributed by atoms with Crippen LogP contribution in [0.5, 0.6) is 0 Å². The van der Waals surface area contributed by atoms with Crippen molar-refractivity contribution in [1.82, 2.24) is 10.2 Å². The van der Waals surface area contributed by atoms with Crippen LogP contribution in [0, 0.1) is 5.82 Å². The van der Waals surface area contributed by atoms with Crippen LogP contribution in [0.4, 0.5) is 10.1 Å². The third-order valence-corrected chi connectivity index (χ3v) is 5.56. The van der Waals surface area contributed by atoms with Crippen molar-refractivity contribution in [2.75, 3.05) is 24.5 Å². The fraction of sp³-hybridized carbons (Fsp3) is 0.391. The Labute approximate surface area is 181 Å². The average Bonchev–Trinajstić information content (AvgIpc) is 3.08. The molecule has 0 spiro atoms. The predicted molar refractivity (Wildman–Crippen MR) is 117 cm³/mol. The monoisotopic (exact) mass is 431 g/mol. The molecule has 0 radical (unpaired) electrons. The lowest BCUT2D eigenvalue weighted by molar-refractivity contribution is -0.118. The second-order valence-corrected chi connectivity index (χ2v) is 7.90. The Morgan fingerprint density at radius 2 is 1.97 bits per heavy atom. The van der Waals surface area contributed by atoms with Gasteiger partial charge in [-0.05, 0) is 61.8 Å². The number of halogens is 2. The Balaban J connectivity index is 1.61. The van der Waals surface area contributed by atoms with Crippen LogP contribution in [0.1, 0.15) is 42.6 Å². The van der Waals surface area contributed by atoms with Crippen molar-refractivity contribution in [3.8, 4) is 0 Å². The van der Waals surface area contributed by atoms with Crippen LogP contribution in [-0.4, -0.2) is 42.4 Å². The molecule has 1 N–H and O–H groups in total. The number of nitrogens with one attached hydrogen (secondary N) is 1. The van der Waals surface area contributed by atoms with Gasteiger partial charge in [0.25, 0.3) is 5.91 Å². The molecule has 0 aliphatic carbocycles. The van der Waals surface area contributed by atoms with E-state index in [1.807, 2.05) is 12.1 Å². The van der Waals surface area contributed by atoms with Gasteiger partial charge in [0.15, 0.2) is 0 Å². The Bertz CT molecular complexity index is 904. The van der Waals surface area contributed by atoms with Crippen LogP contribution in [-0.2, 0) is 11.3 Å². The second kappa shape index (κ2) is 10.0. The van der Waals surface area contributed by atoms with E-state index in [4.69, 9.17) is 11.6 Å². The topological polar surface area (TPSA) is 52.7 Å². The Hall–Kier alpha value is -2.44. The molecule has 0 aromatic heterocycles. The van der Waals surface area contributed by atoms with Crippen molar-refractivity contribution < 1.29 is 14.0 Å². The highest BCUT2D eigenvalue weighted by Gasteiger charge is 2.35. The van der Waals surface area contributed by atoms with Crippen molar-refractivity contribution >= 4 is 29.1 Å². The summed E-state index contributed by atoms with van der Waals surface area (Å²) in [6, 6.07) is 11.0. The molecular formula is C23H27ClFN3O2. The highest BCUT2D eigenvalue weighted by atomic mass is 35.5. The van der Waals surface area contributed by atoms with Gasteiger partial charge in [-0.1, -0.05) is 37.6 Å². The van der Waals surface area contributed by atoms with Crippen LogP contribution >= 0.6 is 11.6 Å². The number of anilines is 1. The highest BCUT2D eigenvalue weighted by molar-refractivity contribution is 6.30. The fourth-order valence-electron chi connectivity index (χ4n) is 3.68. The van der Waals surface area contributed by atoms with E-state index in [1.54, 1.807) is 18.2 Å². The van der Waals surface area contributed by atoms with Gasteiger partial charge in [-0.25, -0.2) is 4.39 Å². The van der Waals surface area contributed by atoms with Crippen molar-refractivity contribution in [1.29, 1.82) is 0 Å². The maximum atomic E-state index is 14.2. The lowest BCUT2D eigenvalue weighted by Gasteiger charge is -2.19. The highest BCUT2D eigenvalue weighted by Crippen LogP contribution is 2.27. The van der Waals surface area contributed by atoms with Gasteiger partial charge < -0.3 is 10.2 Å². The number of rotatable bonds is 8. The number of hydrogen-bond donors (Lipinski definition) is 1. The normalized spacial score (nSPS) is 16.4. The molecule has 1 saturated heterocycles. The van der Waals surface area contributed by atoms with Gasteiger partial charge in [0.2, 0.25) is 5.91 Å². The second-order valence-electron chi connectivity index (χ2n) is 7.47. The van der Waals surface area contributed by atoms with Gasteiger partial charge in [0.05, 0.1) is 5.69 Å². The van der Waals surface area contributed by atoms with Gasteiger partial charge >= 0.3 is 0 Å². The van der Waals surface area contributed by atoms with Crippen LogP contribution < -0.4 is 10.2 Å². The van der Waals surface area contributed by atoms with Crippen LogP contribution in [0.2, 0.25) is 5.02 Å². The van der Waals surface area contributed by atoms with Crippen molar-refractivity contribution in [3.05, 3.63) is 64.4 Å². The Morgan fingerprint density at radius 1 is 1.23 bits per heavy atom. The first-order valence-electron chi connectivity index (χ1n) is 10.3. The first kappa shape index (κ1) is 22.2. The molecule has 7 heteroatoms. The SMILES string of the molecule is CCCN(CC)Cc1ccc(C(=O)NC2CCN(c3ccc(Cl)cc3F)C2=O)cc1. The molecular weight excluding hydrogens is 405 g/mol. The first-order valence-corrected chi connectivity index (χ1v) is 10.7. The maximum absolute atomic E-state index is 14.2. The summed E-state index contributed by atoms with van der Waals surface area (Å²) in [6.07, 6.45) is 1.52. The largest absolute Gasteiger partial charge is 0.340 e. The van der Waals surface area contributed by atoms with E-state index >= 15 is 0 Å². The number of nitrogens with zero attached hydrogens (tertiary/aromatic N) is 2. The van der Waals surface area contributed by atoms with Crippen LogP contribution in [0.15, 0.2) is 42.5 Å². The molecule has 1 aliphatic heterocycles. The van der Waals surface area contributed by atoms with Crippen LogP contribution in [0.25, 0.3) is 0 Å². The van der Waals surface area contributed by atoms with E-state index in [0.717, 1.165) is 31.6 Å². The van der Waals surface area contributed by atoms with Crippen LogP contribution in [0.3, 0.4) is 0 Å². The van der Waals surface area contributed by atoms with Crippen molar-refractivity contribution in [2.24, 2.45) is 0 Å². The zero-order valence-corrected chi connectivity index (χ0v) is 18.1. The quantitative estimate of drug-likeness (QED) is 0.680. The summed E-state index contributed by atoms with van der Waals surface area (Å²) in [5, 5.41) is 3.05. The van der Waals surface area contributed by atoms with Crippen molar-refractivity contribution in [3.63, 3.8) is 0 Å². The summed E-state index contributed by atoms with van der Waals surface area (Å²) in [7, 11) is 0. The van der Waals surface area contributed by atoms with E-state index in [2.05, 4.69) is 24.1 Å². The number of carbonyl (C=O) groups excluding carboxylic acids is 2. The molecule has 0 saturated carbocycles. The summed E-state index contributed by atoms with van der Waals surface area (Å²) in [6.45, 7) is 7.48. The van der Waals surface area contributed by atoms with Gasteiger partial charge in [-0.2, -0.15) is 0 Å². The zero-order chi connectivity index (χ0) is 21.7. The summed E-state index contributed by atoms with van der Waals surface area (Å²) in [5.41, 5.74) is 1.82. The van der Waals surface area contributed by atoms with E-state index in [9.17, 15) is 14.0 Å². The van der Waals surface area contributed by atoms with E-state index < -0.39 is 11.9 Å². The van der Waals surface area contributed by atoms with E-state index in [1.165, 1.54) is 17.0 Å². The molecule has 1 aliphatic rings. The molecule has 1 fully saturated rings. The molecule has 1 heterocycles. The molecule has 2 aromatic carbocycles. The Morgan fingerprint density at radius 3 is 2.60 bits per heavy atom. The van der Waals surface area contributed by atoms with Gasteiger partial charge in [0.1, 0.15) is 11.9 Å². The maximum Gasteiger partial charge on any atom is 0.251 e. The van der Waals surface area contributed by atoms with E-state index in [0.29, 0.717) is 18.5 Å². The standard InChI is InChI=1S/C23H27ClFN3O2/c1-3-12-27(4-2)15-16-5-7-17(8-6-16)22(29)26-20-11-13-28(23(20)30)21-10-9-18(24)14-19(21)25/h5-10,14,20H,3-4,11-13,15H2,1-2H3,(H,26,29). The molecule has 2 aromatic rings. The Kier molecular flexibility index (Phi) is 7.45. The smallest absolute Gasteiger partial charge is 0.251 e. The molecule has 1 atom stereocenters. The molecule has 1 unspecified atom stereocenters. The molecule has 5 nitrogen and oxygen atoms in total. The summed E-state index contributed by atoms with van der Waals surface area (Å²) < 4.78 is 14.2. The third-order valence-electron chi connectivity index (χ3n) is 5.32. The molecule has 3 rings (SSSR count). The third kappa shape index (κ3) is 5.18. The number of carbonyl (C=O) groups is 2. The minimum atomic E-state index is -0.674. The molecule has 160 valence electrons. The average molecular weight is 432 g/mol. The van der Waals surface area contributed by atoms with Crippen molar-refractivity contribution in [2.45, 2.75) is 39.3 Å². The van der Waals surface area contributed by atoms with Gasteiger partial charge in [-0.15, -0.1) is 0 Å². The number of amides is 2. The fourth-order valence-corrected chi connectivity index (χ4v) is 3.84. The lowest BCUT2D eigenvalue weighted by atomic mass is 10.1. The summed E-state index contributed by atoms with van der Waals surface area (Å²) >= 11 is 5.78. The number of hydrogen-bond acceptors (Lipinski definition) is 3. The summed E-state index contributed by atoms with van der Waals surface area (Å²) in [5.74, 6) is -1.18.